The van der Waals surface area contributed by atoms with E-state index < -0.39 is 0 Å². The molecule has 19 heavy (non-hydrogen) atoms. The molecule has 0 bridgehead atoms. The fourth-order valence-corrected chi connectivity index (χ4v) is 1.67. The predicted molar refractivity (Wildman–Crippen MR) is 76.9 cm³/mol. The molecule has 0 radical (unpaired) electrons. The van der Waals surface area contributed by atoms with Crippen LogP contribution in [0.1, 0.15) is 38.8 Å². The van der Waals surface area contributed by atoms with Crippen LogP contribution in [-0.4, -0.2) is 17.5 Å². The second-order valence-corrected chi connectivity index (χ2v) is 5.75. The van der Waals surface area contributed by atoms with Gasteiger partial charge in [0.25, 0.3) is 0 Å². The minimum atomic E-state index is -0.327. The number of rotatable bonds is 3. The van der Waals surface area contributed by atoms with Crippen LogP contribution in [0.5, 0.6) is 0 Å². The van der Waals surface area contributed by atoms with Crippen LogP contribution in [0.25, 0.3) is 0 Å². The molecule has 0 saturated carbocycles. The van der Waals surface area contributed by atoms with Crippen molar-refractivity contribution in [2.45, 2.75) is 46.2 Å². The largest absolute Gasteiger partial charge is 0.374 e. The molecular formula is C15H21N3O. The molecule has 1 aromatic rings. The molecule has 4 nitrogen and oxygen atoms in total. The van der Waals surface area contributed by atoms with Crippen molar-refractivity contribution >= 4 is 11.6 Å². The van der Waals surface area contributed by atoms with Gasteiger partial charge in [0.2, 0.25) is 5.91 Å². The molecule has 0 aliphatic rings. The first-order chi connectivity index (χ1) is 8.73. The third-order valence-corrected chi connectivity index (χ3v) is 2.62. The van der Waals surface area contributed by atoms with Crippen molar-refractivity contribution < 1.29 is 4.79 Å². The van der Waals surface area contributed by atoms with Crippen LogP contribution < -0.4 is 10.6 Å². The second kappa shape index (κ2) is 5.75. The summed E-state index contributed by atoms with van der Waals surface area (Å²) in [4.78, 5) is 11.9. The van der Waals surface area contributed by atoms with Gasteiger partial charge in [0.15, 0.2) is 0 Å². The molecule has 1 aromatic carbocycles. The molecule has 1 amide bonds. The van der Waals surface area contributed by atoms with Crippen LogP contribution in [0.2, 0.25) is 0 Å². The molecule has 0 aromatic heterocycles. The third-order valence-electron chi connectivity index (χ3n) is 2.62. The lowest BCUT2D eigenvalue weighted by molar-refractivity contribution is -0.122. The number of aryl methyl sites for hydroxylation is 1. The summed E-state index contributed by atoms with van der Waals surface area (Å²) in [6.07, 6.45) is 0. The maximum Gasteiger partial charge on any atom is 0.242 e. The van der Waals surface area contributed by atoms with E-state index in [4.69, 9.17) is 5.26 Å². The standard InChI is InChI=1S/C15H21N3O/c1-10-8-13(7-6-12(10)9-16)17-11(2)14(19)18-15(3,4)5/h6-8,11,17H,1-5H3,(H,18,19). The van der Waals surface area contributed by atoms with Gasteiger partial charge in [-0.15, -0.1) is 0 Å². The summed E-state index contributed by atoms with van der Waals surface area (Å²) in [7, 11) is 0. The number of amides is 1. The number of benzene rings is 1. The summed E-state index contributed by atoms with van der Waals surface area (Å²) >= 11 is 0. The second-order valence-electron chi connectivity index (χ2n) is 5.75. The number of nitrogens with zero attached hydrogens (tertiary/aromatic N) is 1. The Balaban J connectivity index is 2.72. The lowest BCUT2D eigenvalue weighted by atomic mass is 10.1. The third kappa shape index (κ3) is 4.63. The first-order valence-electron chi connectivity index (χ1n) is 6.32. The summed E-state index contributed by atoms with van der Waals surface area (Å²) in [5.41, 5.74) is 2.15. The number of hydrogen-bond donors (Lipinski definition) is 2. The van der Waals surface area contributed by atoms with Crippen molar-refractivity contribution in [2.75, 3.05) is 5.32 Å². The van der Waals surface area contributed by atoms with Gasteiger partial charge in [-0.1, -0.05) is 0 Å². The van der Waals surface area contributed by atoms with Crippen molar-refractivity contribution in [3.05, 3.63) is 29.3 Å². The minimum absolute atomic E-state index is 0.0467. The van der Waals surface area contributed by atoms with Crippen molar-refractivity contribution in [3.8, 4) is 6.07 Å². The molecule has 1 rings (SSSR count). The van der Waals surface area contributed by atoms with E-state index in [0.717, 1.165) is 11.3 Å². The quantitative estimate of drug-likeness (QED) is 0.877. The highest BCUT2D eigenvalue weighted by atomic mass is 16.2. The lowest BCUT2D eigenvalue weighted by Crippen LogP contribution is -2.47. The molecule has 1 unspecified atom stereocenters. The Morgan fingerprint density at radius 1 is 1.37 bits per heavy atom. The normalized spacial score (nSPS) is 12.4. The van der Waals surface area contributed by atoms with Crippen LogP contribution in [0.15, 0.2) is 18.2 Å². The van der Waals surface area contributed by atoms with E-state index in [-0.39, 0.29) is 17.5 Å². The predicted octanol–water partition coefficient (Wildman–Crippen LogP) is 2.58. The van der Waals surface area contributed by atoms with Gasteiger partial charge >= 0.3 is 0 Å². The lowest BCUT2D eigenvalue weighted by Gasteiger charge is -2.24. The Morgan fingerprint density at radius 2 is 2.00 bits per heavy atom. The maximum atomic E-state index is 11.9. The number of hydrogen-bond acceptors (Lipinski definition) is 3. The van der Waals surface area contributed by atoms with Gasteiger partial charge in [-0.05, 0) is 58.4 Å². The Bertz CT molecular complexity index is 509. The summed E-state index contributed by atoms with van der Waals surface area (Å²) < 4.78 is 0. The zero-order chi connectivity index (χ0) is 14.6. The van der Waals surface area contributed by atoms with Gasteiger partial charge in [0.1, 0.15) is 6.04 Å². The average Bonchev–Trinajstić information content (AvgIpc) is 2.27. The Hall–Kier alpha value is -2.02. The average molecular weight is 259 g/mol. The minimum Gasteiger partial charge on any atom is -0.374 e. The number of anilines is 1. The molecule has 4 heteroatoms. The molecule has 0 fully saturated rings. The van der Waals surface area contributed by atoms with Gasteiger partial charge in [-0.25, -0.2) is 0 Å². The molecule has 0 saturated heterocycles. The fraction of sp³-hybridized carbons (Fsp3) is 0.467. The summed E-state index contributed by atoms with van der Waals surface area (Å²) in [6, 6.07) is 7.24. The topological polar surface area (TPSA) is 64.9 Å². The van der Waals surface area contributed by atoms with Crippen molar-refractivity contribution in [3.63, 3.8) is 0 Å². The number of nitrogens with one attached hydrogen (secondary N) is 2. The number of carbonyl (C=O) groups is 1. The van der Waals surface area contributed by atoms with Crippen LogP contribution in [0.4, 0.5) is 5.69 Å². The molecule has 0 aliphatic heterocycles. The number of nitriles is 1. The molecular weight excluding hydrogens is 238 g/mol. The van der Waals surface area contributed by atoms with Crippen molar-refractivity contribution in [2.24, 2.45) is 0 Å². The smallest absolute Gasteiger partial charge is 0.242 e. The zero-order valence-corrected chi connectivity index (χ0v) is 12.2. The first-order valence-corrected chi connectivity index (χ1v) is 6.32. The molecule has 2 N–H and O–H groups in total. The highest BCUT2D eigenvalue weighted by molar-refractivity contribution is 5.84. The Labute approximate surface area is 114 Å². The monoisotopic (exact) mass is 259 g/mol. The van der Waals surface area contributed by atoms with Crippen LogP contribution >= 0.6 is 0 Å². The zero-order valence-electron chi connectivity index (χ0n) is 12.2. The van der Waals surface area contributed by atoms with Gasteiger partial charge < -0.3 is 10.6 Å². The van der Waals surface area contributed by atoms with Crippen LogP contribution in [-0.2, 0) is 4.79 Å². The van der Waals surface area contributed by atoms with Gasteiger partial charge in [-0.2, -0.15) is 5.26 Å². The number of carbonyl (C=O) groups excluding carboxylic acids is 1. The van der Waals surface area contributed by atoms with E-state index in [1.54, 1.807) is 6.07 Å². The van der Waals surface area contributed by atoms with Crippen molar-refractivity contribution in [1.29, 1.82) is 5.26 Å². The first kappa shape index (κ1) is 15.0. The van der Waals surface area contributed by atoms with Gasteiger partial charge in [0, 0.05) is 11.2 Å². The summed E-state index contributed by atoms with van der Waals surface area (Å²) in [5, 5.41) is 14.9. The molecule has 0 aliphatic carbocycles. The van der Waals surface area contributed by atoms with E-state index in [1.165, 1.54) is 0 Å². The van der Waals surface area contributed by atoms with E-state index in [0.29, 0.717) is 5.56 Å². The molecule has 102 valence electrons. The summed E-state index contributed by atoms with van der Waals surface area (Å²) in [6.45, 7) is 9.54. The highest BCUT2D eigenvalue weighted by Crippen LogP contribution is 2.15. The van der Waals surface area contributed by atoms with E-state index >= 15 is 0 Å². The molecule has 0 heterocycles. The fourth-order valence-electron chi connectivity index (χ4n) is 1.67. The van der Waals surface area contributed by atoms with E-state index in [9.17, 15) is 4.79 Å². The Kier molecular flexibility index (Phi) is 4.55. The highest BCUT2D eigenvalue weighted by Gasteiger charge is 2.19. The SMILES string of the molecule is Cc1cc(NC(C)C(=O)NC(C)(C)C)ccc1C#N. The summed E-state index contributed by atoms with van der Waals surface area (Å²) in [5.74, 6) is -0.0467. The van der Waals surface area contributed by atoms with Crippen LogP contribution in [0.3, 0.4) is 0 Å². The Morgan fingerprint density at radius 3 is 2.47 bits per heavy atom. The molecule has 0 spiro atoms. The maximum absolute atomic E-state index is 11.9. The van der Waals surface area contributed by atoms with Gasteiger partial charge in [0.05, 0.1) is 11.6 Å². The van der Waals surface area contributed by atoms with Gasteiger partial charge in [-0.3, -0.25) is 4.79 Å². The van der Waals surface area contributed by atoms with E-state index in [1.807, 2.05) is 46.8 Å². The molecule has 1 atom stereocenters. The van der Waals surface area contributed by atoms with E-state index in [2.05, 4.69) is 16.7 Å². The van der Waals surface area contributed by atoms with Crippen LogP contribution in [0, 0.1) is 18.3 Å². The van der Waals surface area contributed by atoms with Crippen molar-refractivity contribution in [1.82, 2.24) is 5.32 Å².